The number of ether oxygens (including phenoxy) is 2. The third-order valence-electron chi connectivity index (χ3n) is 2.28. The molecule has 1 N–H and O–H groups in total. The molecule has 0 spiro atoms. The molecule has 0 aliphatic heterocycles. The Morgan fingerprint density at radius 2 is 1.75 bits per heavy atom. The first-order valence-corrected chi connectivity index (χ1v) is 6.24. The van der Waals surface area contributed by atoms with Gasteiger partial charge in [-0.05, 0) is 33.1 Å². The van der Waals surface area contributed by atoms with Gasteiger partial charge in [0.05, 0.1) is 12.2 Å². The zero-order valence-electron chi connectivity index (χ0n) is 10.8. The average Bonchev–Trinajstić information content (AvgIpc) is 2.24. The van der Waals surface area contributed by atoms with Gasteiger partial charge in [-0.15, -0.1) is 0 Å². The zero-order valence-corrected chi connectivity index (χ0v) is 10.8. The van der Waals surface area contributed by atoms with Crippen molar-refractivity contribution in [3.63, 3.8) is 0 Å². The van der Waals surface area contributed by atoms with E-state index in [0.29, 0.717) is 13.2 Å². The Labute approximate surface area is 100 Å². The number of unbranched alkanes of at least 4 members (excludes halogenated alkanes) is 3. The standard InChI is InChI=1S/C13H27O3/c1-4-5-7-11-16-13(2,3)12-15-10-8-6-9-14/h14H,1,4-12H2,2-3H3. The molecule has 0 fully saturated rings. The van der Waals surface area contributed by atoms with E-state index in [2.05, 4.69) is 6.92 Å². The molecule has 0 saturated carbocycles. The van der Waals surface area contributed by atoms with Crippen LogP contribution in [0.5, 0.6) is 0 Å². The molecule has 0 heterocycles. The first kappa shape index (κ1) is 15.9. The molecule has 0 bridgehead atoms. The van der Waals surface area contributed by atoms with Crippen molar-refractivity contribution in [3.05, 3.63) is 6.92 Å². The third kappa shape index (κ3) is 10.4. The topological polar surface area (TPSA) is 38.7 Å². The Morgan fingerprint density at radius 3 is 2.38 bits per heavy atom. The van der Waals surface area contributed by atoms with Crippen LogP contribution in [0.15, 0.2) is 0 Å². The highest BCUT2D eigenvalue weighted by Crippen LogP contribution is 2.11. The van der Waals surface area contributed by atoms with Gasteiger partial charge in [-0.3, -0.25) is 0 Å². The number of rotatable bonds is 11. The Balaban J connectivity index is 3.38. The van der Waals surface area contributed by atoms with Crippen molar-refractivity contribution in [2.24, 2.45) is 0 Å². The van der Waals surface area contributed by atoms with Crippen LogP contribution < -0.4 is 0 Å². The fourth-order valence-electron chi connectivity index (χ4n) is 1.30. The molecule has 0 saturated heterocycles. The fraction of sp³-hybridized carbons (Fsp3) is 0.923. The highest BCUT2D eigenvalue weighted by atomic mass is 16.5. The van der Waals surface area contributed by atoms with Gasteiger partial charge in [0.15, 0.2) is 0 Å². The molecule has 16 heavy (non-hydrogen) atoms. The lowest BCUT2D eigenvalue weighted by atomic mass is 10.1. The monoisotopic (exact) mass is 231 g/mol. The Kier molecular flexibility index (Phi) is 9.99. The molecule has 3 heteroatoms. The van der Waals surface area contributed by atoms with E-state index in [4.69, 9.17) is 14.6 Å². The van der Waals surface area contributed by atoms with Crippen LogP contribution in [0.25, 0.3) is 0 Å². The molecular weight excluding hydrogens is 204 g/mol. The summed E-state index contributed by atoms with van der Waals surface area (Å²) >= 11 is 0. The SMILES string of the molecule is [CH2]CCCCOC(C)(C)COCCCCO. The molecule has 0 aromatic heterocycles. The molecule has 0 aliphatic rings. The molecule has 0 atom stereocenters. The van der Waals surface area contributed by atoms with Crippen LogP contribution in [0.4, 0.5) is 0 Å². The maximum absolute atomic E-state index is 8.61. The van der Waals surface area contributed by atoms with Crippen molar-refractivity contribution in [2.75, 3.05) is 26.4 Å². The van der Waals surface area contributed by atoms with Gasteiger partial charge in [-0.1, -0.05) is 19.8 Å². The molecule has 0 rings (SSSR count). The molecule has 0 aliphatic carbocycles. The summed E-state index contributed by atoms with van der Waals surface area (Å²) in [7, 11) is 0. The quantitative estimate of drug-likeness (QED) is 0.555. The van der Waals surface area contributed by atoms with Crippen molar-refractivity contribution in [2.45, 2.75) is 51.6 Å². The van der Waals surface area contributed by atoms with Crippen molar-refractivity contribution >= 4 is 0 Å². The zero-order chi connectivity index (χ0) is 12.3. The summed E-state index contributed by atoms with van der Waals surface area (Å²) in [5.74, 6) is 0. The summed E-state index contributed by atoms with van der Waals surface area (Å²) in [6.07, 6.45) is 4.88. The third-order valence-corrected chi connectivity index (χ3v) is 2.28. The smallest absolute Gasteiger partial charge is 0.0858 e. The molecule has 0 amide bonds. The van der Waals surface area contributed by atoms with Gasteiger partial charge in [0.1, 0.15) is 0 Å². The second-order valence-electron chi connectivity index (χ2n) is 4.65. The summed E-state index contributed by atoms with van der Waals surface area (Å²) < 4.78 is 11.2. The van der Waals surface area contributed by atoms with E-state index < -0.39 is 0 Å². The lowest BCUT2D eigenvalue weighted by Crippen LogP contribution is -2.31. The Bertz CT molecular complexity index is 146. The molecular formula is C13H27O3. The summed E-state index contributed by atoms with van der Waals surface area (Å²) in [5, 5.41) is 8.61. The van der Waals surface area contributed by atoms with E-state index in [-0.39, 0.29) is 12.2 Å². The van der Waals surface area contributed by atoms with E-state index in [9.17, 15) is 0 Å². The van der Waals surface area contributed by atoms with Crippen molar-refractivity contribution in [1.82, 2.24) is 0 Å². The van der Waals surface area contributed by atoms with Crippen LogP contribution in [-0.4, -0.2) is 37.1 Å². The van der Waals surface area contributed by atoms with E-state index in [1.165, 1.54) is 0 Å². The second kappa shape index (κ2) is 10.1. The van der Waals surface area contributed by atoms with Crippen LogP contribution in [-0.2, 0) is 9.47 Å². The lowest BCUT2D eigenvalue weighted by Gasteiger charge is -2.25. The van der Waals surface area contributed by atoms with Gasteiger partial charge in [0.2, 0.25) is 0 Å². The second-order valence-corrected chi connectivity index (χ2v) is 4.65. The highest BCUT2D eigenvalue weighted by molar-refractivity contribution is 4.67. The van der Waals surface area contributed by atoms with E-state index in [1.807, 2.05) is 13.8 Å². The van der Waals surface area contributed by atoms with E-state index in [0.717, 1.165) is 38.7 Å². The maximum Gasteiger partial charge on any atom is 0.0858 e. The van der Waals surface area contributed by atoms with Crippen LogP contribution in [0.2, 0.25) is 0 Å². The van der Waals surface area contributed by atoms with E-state index in [1.54, 1.807) is 0 Å². The van der Waals surface area contributed by atoms with E-state index >= 15 is 0 Å². The summed E-state index contributed by atoms with van der Waals surface area (Å²) in [6.45, 7) is 10.2. The van der Waals surface area contributed by atoms with Gasteiger partial charge in [-0.2, -0.15) is 0 Å². The van der Waals surface area contributed by atoms with Crippen LogP contribution in [0.3, 0.4) is 0 Å². The summed E-state index contributed by atoms with van der Waals surface area (Å²) in [6, 6.07) is 0. The predicted molar refractivity (Wildman–Crippen MR) is 66.4 cm³/mol. The minimum Gasteiger partial charge on any atom is -0.396 e. The van der Waals surface area contributed by atoms with Crippen LogP contribution in [0, 0.1) is 6.92 Å². The number of hydrogen-bond acceptors (Lipinski definition) is 3. The average molecular weight is 231 g/mol. The van der Waals surface area contributed by atoms with Gasteiger partial charge in [-0.25, -0.2) is 0 Å². The normalized spacial score (nSPS) is 12.0. The first-order valence-electron chi connectivity index (χ1n) is 6.24. The number of aliphatic hydroxyl groups excluding tert-OH is 1. The predicted octanol–water partition coefficient (Wildman–Crippen LogP) is 2.58. The van der Waals surface area contributed by atoms with Gasteiger partial charge >= 0.3 is 0 Å². The highest BCUT2D eigenvalue weighted by Gasteiger charge is 2.17. The minimum atomic E-state index is -0.208. The molecule has 1 radical (unpaired) electrons. The summed E-state index contributed by atoms with van der Waals surface area (Å²) in [4.78, 5) is 0. The molecule has 3 nitrogen and oxygen atoms in total. The molecule has 0 aromatic rings. The molecule has 97 valence electrons. The maximum atomic E-state index is 8.61. The van der Waals surface area contributed by atoms with Gasteiger partial charge in [0, 0.05) is 19.8 Å². The van der Waals surface area contributed by atoms with Crippen LogP contribution >= 0.6 is 0 Å². The number of hydrogen-bond donors (Lipinski definition) is 1. The largest absolute Gasteiger partial charge is 0.396 e. The fourth-order valence-corrected chi connectivity index (χ4v) is 1.30. The Hall–Kier alpha value is -0.120. The van der Waals surface area contributed by atoms with Gasteiger partial charge < -0.3 is 14.6 Å². The summed E-state index contributed by atoms with van der Waals surface area (Å²) in [5.41, 5.74) is -0.208. The lowest BCUT2D eigenvalue weighted by molar-refractivity contribution is -0.0764. The Morgan fingerprint density at radius 1 is 1.06 bits per heavy atom. The van der Waals surface area contributed by atoms with Crippen LogP contribution in [0.1, 0.15) is 46.0 Å². The van der Waals surface area contributed by atoms with Crippen molar-refractivity contribution in [3.8, 4) is 0 Å². The number of aliphatic hydroxyl groups is 1. The first-order chi connectivity index (χ1) is 7.62. The van der Waals surface area contributed by atoms with Crippen molar-refractivity contribution < 1.29 is 14.6 Å². The minimum absolute atomic E-state index is 0.208. The van der Waals surface area contributed by atoms with Gasteiger partial charge in [0.25, 0.3) is 0 Å². The molecule has 0 aromatic carbocycles. The molecule has 0 unspecified atom stereocenters. The van der Waals surface area contributed by atoms with Crippen molar-refractivity contribution in [1.29, 1.82) is 0 Å².